The van der Waals surface area contributed by atoms with E-state index < -0.39 is 89.9 Å². The van der Waals surface area contributed by atoms with Crippen LogP contribution in [0.5, 0.6) is 0 Å². The zero-order chi connectivity index (χ0) is 33.7. The van der Waals surface area contributed by atoms with E-state index in [-0.39, 0.29) is 37.6 Å². The number of carbonyl (C=O) groups excluding carboxylic acids is 7. The van der Waals surface area contributed by atoms with Crippen molar-refractivity contribution in [3.63, 3.8) is 0 Å². The Labute approximate surface area is 259 Å². The van der Waals surface area contributed by atoms with E-state index in [1.807, 2.05) is 27.7 Å². The molecule has 1 aliphatic rings. The SMILES string of the molecule is CC(C)C[C@@H]1NC(=O)[C@H](C)NC(=O)[C@@H](CCCN)NC(=O)[C@H](CC(N)=O)NC(=O)[C@H](C(C)C)NC(=O)[C@@H](CC(C)C)NC1=O. The van der Waals surface area contributed by atoms with Gasteiger partial charge in [-0.1, -0.05) is 41.5 Å². The van der Waals surface area contributed by atoms with Crippen LogP contribution in [0.1, 0.15) is 80.6 Å². The van der Waals surface area contributed by atoms with Crippen molar-refractivity contribution in [2.24, 2.45) is 29.2 Å². The minimum atomic E-state index is -1.46. The fourth-order valence-corrected chi connectivity index (χ4v) is 4.68. The van der Waals surface area contributed by atoms with Gasteiger partial charge < -0.3 is 43.4 Å². The Morgan fingerprint density at radius 3 is 1.55 bits per heavy atom. The smallest absolute Gasteiger partial charge is 0.243 e. The third-order valence-corrected chi connectivity index (χ3v) is 7.05. The molecule has 10 N–H and O–H groups in total. The molecule has 0 bridgehead atoms. The summed E-state index contributed by atoms with van der Waals surface area (Å²) in [5, 5.41) is 15.6. The van der Waals surface area contributed by atoms with Crippen molar-refractivity contribution >= 4 is 41.4 Å². The molecule has 0 aromatic carbocycles. The molecule has 250 valence electrons. The summed E-state index contributed by atoms with van der Waals surface area (Å²) in [5.41, 5.74) is 11.0. The molecule has 15 nitrogen and oxygen atoms in total. The number of hydrogen-bond donors (Lipinski definition) is 8. The summed E-state index contributed by atoms with van der Waals surface area (Å²) in [7, 11) is 0. The van der Waals surface area contributed by atoms with E-state index >= 15 is 0 Å². The average Bonchev–Trinajstić information content (AvgIpc) is 2.90. The third kappa shape index (κ3) is 12.9. The van der Waals surface area contributed by atoms with E-state index in [1.165, 1.54) is 6.92 Å². The third-order valence-electron chi connectivity index (χ3n) is 7.05. The quantitative estimate of drug-likeness (QED) is 0.139. The van der Waals surface area contributed by atoms with Gasteiger partial charge >= 0.3 is 0 Å². The zero-order valence-electron chi connectivity index (χ0n) is 27.0. The van der Waals surface area contributed by atoms with Gasteiger partial charge in [0.1, 0.15) is 36.3 Å². The molecule has 6 atom stereocenters. The van der Waals surface area contributed by atoms with Gasteiger partial charge in [-0.15, -0.1) is 0 Å². The van der Waals surface area contributed by atoms with Crippen molar-refractivity contribution in [1.29, 1.82) is 0 Å². The van der Waals surface area contributed by atoms with E-state index in [4.69, 9.17) is 11.5 Å². The van der Waals surface area contributed by atoms with Crippen LogP contribution in [-0.4, -0.2) is 84.1 Å². The van der Waals surface area contributed by atoms with Gasteiger partial charge in [0, 0.05) is 0 Å². The molecule has 0 aromatic rings. The van der Waals surface area contributed by atoms with E-state index in [0.717, 1.165) is 0 Å². The molecule has 0 spiro atoms. The molecule has 0 unspecified atom stereocenters. The highest BCUT2D eigenvalue weighted by Crippen LogP contribution is 2.12. The first kappa shape index (κ1) is 38.3. The van der Waals surface area contributed by atoms with Gasteiger partial charge in [-0.25, -0.2) is 0 Å². The first-order chi connectivity index (χ1) is 20.5. The van der Waals surface area contributed by atoms with Gasteiger partial charge in [-0.05, 0) is 56.9 Å². The van der Waals surface area contributed by atoms with Crippen LogP contribution in [-0.2, 0) is 33.6 Å². The predicted octanol–water partition coefficient (Wildman–Crippen LogP) is -1.71. The number of carbonyl (C=O) groups is 7. The van der Waals surface area contributed by atoms with E-state index in [0.29, 0.717) is 6.42 Å². The monoisotopic (exact) mass is 624 g/mol. The maximum atomic E-state index is 13.5. The van der Waals surface area contributed by atoms with Crippen molar-refractivity contribution in [2.45, 2.75) is 117 Å². The zero-order valence-corrected chi connectivity index (χ0v) is 27.0. The lowest BCUT2D eigenvalue weighted by atomic mass is 9.98. The molecule has 1 heterocycles. The average molecular weight is 625 g/mol. The van der Waals surface area contributed by atoms with Crippen LogP contribution >= 0.6 is 0 Å². The minimum Gasteiger partial charge on any atom is -0.370 e. The maximum Gasteiger partial charge on any atom is 0.243 e. The molecule has 1 rings (SSSR count). The normalized spacial score (nSPS) is 26.6. The lowest BCUT2D eigenvalue weighted by Gasteiger charge is -2.30. The Morgan fingerprint density at radius 1 is 0.636 bits per heavy atom. The number of amides is 7. The summed E-state index contributed by atoms with van der Waals surface area (Å²) >= 11 is 0. The molecule has 1 fully saturated rings. The van der Waals surface area contributed by atoms with Gasteiger partial charge in [0.2, 0.25) is 41.4 Å². The molecule has 0 aliphatic carbocycles. The number of primary amides is 1. The van der Waals surface area contributed by atoms with Crippen molar-refractivity contribution in [3.05, 3.63) is 0 Å². The van der Waals surface area contributed by atoms with Crippen LogP contribution < -0.4 is 43.4 Å². The predicted molar refractivity (Wildman–Crippen MR) is 163 cm³/mol. The highest BCUT2D eigenvalue weighted by molar-refractivity contribution is 5.99. The summed E-state index contributed by atoms with van der Waals surface area (Å²) in [6.45, 7) is 12.5. The minimum absolute atomic E-state index is 0.00981. The molecule has 7 amide bonds. The topological polar surface area (TPSA) is 244 Å². The molecule has 44 heavy (non-hydrogen) atoms. The van der Waals surface area contributed by atoms with Gasteiger partial charge in [-0.2, -0.15) is 0 Å². The largest absolute Gasteiger partial charge is 0.370 e. The van der Waals surface area contributed by atoms with Gasteiger partial charge in [-0.3, -0.25) is 33.6 Å². The first-order valence-electron chi connectivity index (χ1n) is 15.3. The van der Waals surface area contributed by atoms with Gasteiger partial charge in [0.05, 0.1) is 6.42 Å². The number of hydrogen-bond acceptors (Lipinski definition) is 8. The number of nitrogens with two attached hydrogens (primary N) is 2. The van der Waals surface area contributed by atoms with Crippen molar-refractivity contribution in [2.75, 3.05) is 6.54 Å². The highest BCUT2D eigenvalue weighted by Gasteiger charge is 2.35. The molecular formula is C29H52N8O7. The van der Waals surface area contributed by atoms with Crippen molar-refractivity contribution < 1.29 is 33.6 Å². The van der Waals surface area contributed by atoms with E-state index in [9.17, 15) is 33.6 Å². The van der Waals surface area contributed by atoms with Crippen LogP contribution in [0.2, 0.25) is 0 Å². The summed E-state index contributed by atoms with van der Waals surface area (Å²) < 4.78 is 0. The molecule has 0 saturated carbocycles. The van der Waals surface area contributed by atoms with E-state index in [1.54, 1.807) is 13.8 Å². The van der Waals surface area contributed by atoms with Crippen LogP contribution in [0.3, 0.4) is 0 Å². The second-order valence-electron chi connectivity index (χ2n) is 12.6. The Balaban J connectivity index is 3.61. The Morgan fingerprint density at radius 2 is 1.07 bits per heavy atom. The Hall–Kier alpha value is -3.75. The standard InChI is InChI=1S/C29H52N8O7/c1-14(2)11-19-26(41)35-20(12-15(3)4)28(43)37-23(16(5)6)29(44)36-21(13-22(31)38)27(42)33-18(9-8-10-30)25(40)32-17(7)24(39)34-19/h14-21,23H,8-13,30H2,1-7H3,(H2,31,38)(H,32,40)(H,33,42)(H,34,39)(H,35,41)(H,36,44)(H,37,43)/t17-,18+,19-,20+,21-,23-/m0/s1. The van der Waals surface area contributed by atoms with Crippen molar-refractivity contribution in [1.82, 2.24) is 31.9 Å². The first-order valence-corrected chi connectivity index (χ1v) is 15.3. The van der Waals surface area contributed by atoms with E-state index in [2.05, 4.69) is 31.9 Å². The molecule has 15 heteroatoms. The molecular weight excluding hydrogens is 572 g/mol. The highest BCUT2D eigenvalue weighted by atomic mass is 16.2. The number of rotatable bonds is 10. The van der Waals surface area contributed by atoms with Crippen LogP contribution in [0, 0.1) is 17.8 Å². The second kappa shape index (κ2) is 18.1. The van der Waals surface area contributed by atoms with Crippen LogP contribution in [0.4, 0.5) is 0 Å². The van der Waals surface area contributed by atoms with Crippen LogP contribution in [0.25, 0.3) is 0 Å². The van der Waals surface area contributed by atoms with Gasteiger partial charge in [0.25, 0.3) is 0 Å². The molecule has 1 saturated heterocycles. The van der Waals surface area contributed by atoms with Crippen LogP contribution in [0.15, 0.2) is 0 Å². The molecule has 1 aliphatic heterocycles. The second-order valence-corrected chi connectivity index (χ2v) is 12.6. The summed E-state index contributed by atoms with van der Waals surface area (Å²) in [6, 6.07) is -6.96. The molecule has 0 aromatic heterocycles. The molecule has 0 radical (unpaired) electrons. The Kier molecular flexibility index (Phi) is 15.8. The summed E-state index contributed by atoms with van der Waals surface area (Å²) in [6.07, 6.45) is 0.336. The van der Waals surface area contributed by atoms with Crippen molar-refractivity contribution in [3.8, 4) is 0 Å². The fourth-order valence-electron chi connectivity index (χ4n) is 4.68. The number of nitrogens with one attached hydrogen (secondary N) is 6. The summed E-state index contributed by atoms with van der Waals surface area (Å²) in [5.74, 6) is -5.57. The lowest BCUT2D eigenvalue weighted by Crippen LogP contribution is -2.62. The lowest BCUT2D eigenvalue weighted by molar-refractivity contribution is -0.137. The van der Waals surface area contributed by atoms with Gasteiger partial charge in [0.15, 0.2) is 0 Å². The Bertz CT molecular complexity index is 1050. The summed E-state index contributed by atoms with van der Waals surface area (Å²) in [4.78, 5) is 91.8. The maximum absolute atomic E-state index is 13.5. The fraction of sp³-hybridized carbons (Fsp3) is 0.759.